The quantitative estimate of drug-likeness (QED) is 0.0785. The lowest BCUT2D eigenvalue weighted by molar-refractivity contribution is -0.136. The number of amides is 6. The summed E-state index contributed by atoms with van der Waals surface area (Å²) in [7, 11) is 0. The number of aromatic nitrogens is 5. The molecule has 0 radical (unpaired) electrons. The molecule has 0 bridgehead atoms. The zero-order valence-corrected chi connectivity index (χ0v) is 36.4. The zero-order valence-electron chi connectivity index (χ0n) is 36.4. The van der Waals surface area contributed by atoms with Gasteiger partial charge in [0.1, 0.15) is 23.9 Å². The van der Waals surface area contributed by atoms with Gasteiger partial charge in [0.25, 0.3) is 17.7 Å². The number of carbonyl (C=O) groups is 6. The third kappa shape index (κ3) is 9.22. The molecule has 3 aromatic carbocycles. The maximum absolute atomic E-state index is 13.4. The van der Waals surface area contributed by atoms with Crippen LogP contribution in [0.3, 0.4) is 0 Å². The van der Waals surface area contributed by atoms with Gasteiger partial charge < -0.3 is 15.5 Å². The number of nitrogens with one attached hydrogen (secondary N) is 3. The summed E-state index contributed by atoms with van der Waals surface area (Å²) in [6.07, 6.45) is 9.93. The molecule has 3 aliphatic heterocycles. The van der Waals surface area contributed by atoms with Crippen molar-refractivity contribution in [2.45, 2.75) is 64.3 Å². The Balaban J connectivity index is 0.701. The van der Waals surface area contributed by atoms with Crippen molar-refractivity contribution in [3.05, 3.63) is 119 Å². The van der Waals surface area contributed by atoms with Crippen molar-refractivity contribution in [3.63, 3.8) is 0 Å². The molecule has 17 nitrogen and oxygen atoms in total. The molecule has 3 aromatic heterocycles. The maximum Gasteiger partial charge on any atom is 0.264 e. The van der Waals surface area contributed by atoms with Gasteiger partial charge in [-0.1, -0.05) is 37.3 Å². The molecule has 66 heavy (non-hydrogen) atoms. The van der Waals surface area contributed by atoms with Crippen LogP contribution < -0.4 is 20.9 Å². The predicted molar refractivity (Wildman–Crippen MR) is 246 cm³/mol. The van der Waals surface area contributed by atoms with Crippen LogP contribution in [-0.4, -0.2) is 109 Å². The highest BCUT2D eigenvalue weighted by Crippen LogP contribution is 2.33. The van der Waals surface area contributed by atoms with E-state index in [1.165, 1.54) is 6.07 Å². The number of nitrogens with zero attached hydrogens (tertiary/aromatic N) is 8. The number of unbranched alkanes of at least 4 members (excludes halogenated alkanes) is 4. The van der Waals surface area contributed by atoms with Crippen LogP contribution >= 0.6 is 0 Å². The van der Waals surface area contributed by atoms with E-state index in [0.717, 1.165) is 91.2 Å². The first-order valence-electron chi connectivity index (χ1n) is 22.2. The zero-order chi connectivity index (χ0) is 45.7. The van der Waals surface area contributed by atoms with E-state index in [-0.39, 0.29) is 47.9 Å². The Labute approximate surface area is 380 Å². The Morgan fingerprint density at radius 2 is 1.67 bits per heavy atom. The molecular formula is C49H47N11O6. The summed E-state index contributed by atoms with van der Waals surface area (Å²) >= 11 is 0. The summed E-state index contributed by atoms with van der Waals surface area (Å²) in [5.74, 6) is 4.30. The highest BCUT2D eigenvalue weighted by Gasteiger charge is 2.45. The Morgan fingerprint density at radius 3 is 2.52 bits per heavy atom. The van der Waals surface area contributed by atoms with Gasteiger partial charge in [0, 0.05) is 67.4 Å². The van der Waals surface area contributed by atoms with Crippen LogP contribution in [0.15, 0.2) is 85.5 Å². The first-order valence-corrected chi connectivity index (χ1v) is 22.2. The van der Waals surface area contributed by atoms with Gasteiger partial charge in [-0.05, 0) is 98.8 Å². The third-order valence-electron chi connectivity index (χ3n) is 12.3. The molecule has 1 atom stereocenters. The first kappa shape index (κ1) is 43.4. The Bertz CT molecular complexity index is 2980. The fourth-order valence-corrected chi connectivity index (χ4v) is 8.69. The van der Waals surface area contributed by atoms with E-state index in [2.05, 4.69) is 57.6 Å². The first-order chi connectivity index (χ1) is 32.1. The van der Waals surface area contributed by atoms with Gasteiger partial charge in [0.15, 0.2) is 5.65 Å². The van der Waals surface area contributed by atoms with Crippen LogP contribution in [0.1, 0.15) is 99.3 Å². The molecule has 1 unspecified atom stereocenters. The van der Waals surface area contributed by atoms with E-state index in [1.807, 2.05) is 43.3 Å². The van der Waals surface area contributed by atoms with E-state index in [4.69, 9.17) is 0 Å². The van der Waals surface area contributed by atoms with Gasteiger partial charge in [-0.15, -0.1) is 0 Å². The minimum Gasteiger partial charge on any atom is -0.353 e. The largest absolute Gasteiger partial charge is 0.353 e. The number of piperazine rings is 1. The smallest absolute Gasteiger partial charge is 0.264 e. The number of carbonyl (C=O) groups excluding carboxylic acids is 6. The molecule has 9 rings (SSSR count). The summed E-state index contributed by atoms with van der Waals surface area (Å²) < 4.78 is 1.68. The molecule has 0 aliphatic carbocycles. The molecule has 3 aliphatic rings. The van der Waals surface area contributed by atoms with Gasteiger partial charge in [-0.2, -0.15) is 5.10 Å². The standard InChI is InChI=1S/C49H47N11O6/c1-31-13-14-33(27-32(31)15-17-35-29-50-41-11-8-21-53-60(35)41)46(63)54-34-16-18-36-39(28-34)51-30-52-45(36)58-25-23-57(24-26-58)22-6-4-2-3-5-12-42(61)55-38-10-7-9-37-44(38)49(66)59(48(37)65)40-19-20-43(62)56-47(40)64/h7-11,13-14,16,18,21,27-30,40H,2-6,12,19-20,22-26H2,1H3,(H,54,63)(H,55,61)(H,56,62,64). The summed E-state index contributed by atoms with van der Waals surface area (Å²) in [6, 6.07) is 18.5. The number of hydrogen-bond donors (Lipinski definition) is 3. The van der Waals surface area contributed by atoms with Crippen LogP contribution in [0.4, 0.5) is 17.2 Å². The molecule has 6 amide bonds. The molecular weight excluding hydrogens is 839 g/mol. The van der Waals surface area contributed by atoms with Gasteiger partial charge in [-0.3, -0.25) is 43.9 Å². The number of imide groups is 2. The summed E-state index contributed by atoms with van der Waals surface area (Å²) in [4.78, 5) is 96.0. The molecule has 17 heteroatoms. The average molecular weight is 886 g/mol. The number of piperidine rings is 1. The highest BCUT2D eigenvalue weighted by molar-refractivity contribution is 6.26. The topological polar surface area (TPSA) is 204 Å². The van der Waals surface area contributed by atoms with Crippen molar-refractivity contribution < 1.29 is 28.8 Å². The monoisotopic (exact) mass is 885 g/mol. The van der Waals surface area contributed by atoms with Gasteiger partial charge in [-0.25, -0.2) is 19.5 Å². The fourth-order valence-electron chi connectivity index (χ4n) is 8.69. The fraction of sp³-hybridized carbons (Fsp3) is 0.306. The summed E-state index contributed by atoms with van der Waals surface area (Å²) in [5, 5.41) is 13.2. The highest BCUT2D eigenvalue weighted by atomic mass is 16.2. The van der Waals surface area contributed by atoms with Crippen LogP contribution in [0.2, 0.25) is 0 Å². The van der Waals surface area contributed by atoms with E-state index < -0.39 is 29.7 Å². The number of benzene rings is 3. The van der Waals surface area contributed by atoms with Crippen molar-refractivity contribution >= 4 is 69.2 Å². The minimum atomic E-state index is -1.07. The lowest BCUT2D eigenvalue weighted by atomic mass is 10.0. The molecule has 0 spiro atoms. The van der Waals surface area contributed by atoms with E-state index in [9.17, 15) is 28.8 Å². The number of imidazole rings is 1. The second-order valence-electron chi connectivity index (χ2n) is 16.7. The normalized spacial score (nSPS) is 16.3. The maximum atomic E-state index is 13.4. The Kier molecular flexibility index (Phi) is 12.6. The Morgan fingerprint density at radius 1 is 0.833 bits per heavy atom. The van der Waals surface area contributed by atoms with Crippen molar-refractivity contribution in [1.29, 1.82) is 0 Å². The van der Waals surface area contributed by atoms with Crippen molar-refractivity contribution in [2.24, 2.45) is 0 Å². The van der Waals surface area contributed by atoms with E-state index in [0.29, 0.717) is 29.0 Å². The molecule has 2 fully saturated rings. The Hall–Kier alpha value is -7.84. The number of aryl methyl sites for hydroxylation is 1. The number of rotatable bonds is 13. The van der Waals surface area contributed by atoms with E-state index in [1.54, 1.807) is 47.5 Å². The molecule has 3 N–H and O–H groups in total. The van der Waals surface area contributed by atoms with E-state index >= 15 is 0 Å². The third-order valence-corrected chi connectivity index (χ3v) is 12.3. The molecule has 6 heterocycles. The van der Waals surface area contributed by atoms with Crippen LogP contribution in [-0.2, 0) is 14.4 Å². The predicted octanol–water partition coefficient (Wildman–Crippen LogP) is 5.14. The van der Waals surface area contributed by atoms with Gasteiger partial charge >= 0.3 is 0 Å². The van der Waals surface area contributed by atoms with Crippen molar-refractivity contribution in [2.75, 3.05) is 48.3 Å². The number of hydrogen-bond acceptors (Lipinski definition) is 12. The number of fused-ring (bicyclic) bond motifs is 3. The van der Waals surface area contributed by atoms with Crippen LogP contribution in [0.5, 0.6) is 0 Å². The summed E-state index contributed by atoms with van der Waals surface area (Å²) in [6.45, 7) is 6.40. The second kappa shape index (κ2) is 19.1. The summed E-state index contributed by atoms with van der Waals surface area (Å²) in [5.41, 5.74) is 5.34. The average Bonchev–Trinajstić information content (AvgIpc) is 3.85. The van der Waals surface area contributed by atoms with Gasteiger partial charge in [0.05, 0.1) is 28.5 Å². The molecule has 334 valence electrons. The SMILES string of the molecule is Cc1ccc(C(=O)Nc2ccc3c(N4CCN(CCCCCCCC(=O)Nc5cccc6c5C(=O)N(C5CCC(=O)NC5=O)C6=O)CC4)ncnc3c2)cc1C#Cc1cnc2cccnn12. The molecule has 2 saturated heterocycles. The second-order valence-corrected chi connectivity index (χ2v) is 16.7. The lowest BCUT2D eigenvalue weighted by Gasteiger charge is -2.35. The minimum absolute atomic E-state index is 0.0310. The van der Waals surface area contributed by atoms with Crippen molar-refractivity contribution in [3.8, 4) is 11.8 Å². The van der Waals surface area contributed by atoms with Crippen LogP contribution in [0.25, 0.3) is 16.6 Å². The van der Waals surface area contributed by atoms with Crippen molar-refractivity contribution in [1.82, 2.24) is 39.7 Å². The lowest BCUT2D eigenvalue weighted by Crippen LogP contribution is -2.54. The number of anilines is 3. The van der Waals surface area contributed by atoms with Crippen LogP contribution in [0, 0.1) is 18.8 Å². The molecule has 6 aromatic rings. The van der Waals surface area contributed by atoms with Gasteiger partial charge in [0.2, 0.25) is 17.7 Å². The molecule has 0 saturated carbocycles.